The first kappa shape index (κ1) is 11.7. The lowest BCUT2D eigenvalue weighted by Gasteiger charge is -2.14. The number of hydrogen-bond donors (Lipinski definition) is 2. The van der Waals surface area contributed by atoms with Gasteiger partial charge in [0, 0.05) is 5.56 Å². The van der Waals surface area contributed by atoms with E-state index in [1.54, 1.807) is 6.07 Å². The van der Waals surface area contributed by atoms with Crippen LogP contribution in [0, 0.1) is 11.7 Å². The van der Waals surface area contributed by atoms with Crippen LogP contribution in [0.2, 0.25) is 0 Å². The molecule has 0 aromatic heterocycles. The van der Waals surface area contributed by atoms with Gasteiger partial charge in [0.15, 0.2) is 0 Å². The molecule has 2 N–H and O–H groups in total. The molecule has 0 fully saturated rings. The monoisotopic (exact) mass is 212 g/mol. The number of aliphatic hydroxyl groups is 1. The molecule has 15 heavy (non-hydrogen) atoms. The molecule has 0 spiro atoms. The van der Waals surface area contributed by atoms with Gasteiger partial charge in [-0.25, -0.2) is 4.39 Å². The first-order valence-electron chi connectivity index (χ1n) is 4.67. The number of hydrogen-bond acceptors (Lipinski definition) is 2. The Balaban J connectivity index is 2.73. The topological polar surface area (TPSA) is 57.5 Å². The number of aliphatic hydroxyl groups excluding tert-OH is 1. The van der Waals surface area contributed by atoms with E-state index in [1.807, 2.05) is 0 Å². The highest BCUT2D eigenvalue weighted by Crippen LogP contribution is 2.23. The van der Waals surface area contributed by atoms with Gasteiger partial charge in [-0.15, -0.1) is 0 Å². The minimum absolute atomic E-state index is 0.0102. The molecule has 1 aromatic rings. The largest absolute Gasteiger partial charge is 0.481 e. The van der Waals surface area contributed by atoms with Gasteiger partial charge in [0.05, 0.1) is 12.0 Å². The molecule has 0 aliphatic heterocycles. The van der Waals surface area contributed by atoms with E-state index in [-0.39, 0.29) is 12.0 Å². The fourth-order valence-corrected chi connectivity index (χ4v) is 1.31. The van der Waals surface area contributed by atoms with Crippen molar-refractivity contribution in [2.24, 2.45) is 5.92 Å². The molecule has 1 rings (SSSR count). The first-order valence-corrected chi connectivity index (χ1v) is 4.67. The van der Waals surface area contributed by atoms with E-state index < -0.39 is 23.8 Å². The molecule has 3 nitrogen and oxygen atoms in total. The lowest BCUT2D eigenvalue weighted by molar-refractivity contribution is -0.142. The van der Waals surface area contributed by atoms with Crippen molar-refractivity contribution in [3.8, 4) is 0 Å². The Morgan fingerprint density at radius 2 is 2.07 bits per heavy atom. The molecule has 0 saturated carbocycles. The minimum atomic E-state index is -1.07. The summed E-state index contributed by atoms with van der Waals surface area (Å²) in [7, 11) is 0. The van der Waals surface area contributed by atoms with Gasteiger partial charge in [-0.2, -0.15) is 0 Å². The summed E-state index contributed by atoms with van der Waals surface area (Å²) in [6.45, 7) is 1.48. The predicted molar refractivity (Wildman–Crippen MR) is 52.8 cm³/mol. The molecule has 0 bridgehead atoms. The summed E-state index contributed by atoms with van der Waals surface area (Å²) in [4.78, 5) is 10.5. The van der Waals surface area contributed by atoms with Crippen molar-refractivity contribution in [2.45, 2.75) is 19.4 Å². The lowest BCUT2D eigenvalue weighted by Crippen LogP contribution is -2.14. The summed E-state index contributed by atoms with van der Waals surface area (Å²) in [5, 5.41) is 18.3. The number of aliphatic carboxylic acids is 1. The molecule has 4 heteroatoms. The normalized spacial score (nSPS) is 14.6. The van der Waals surface area contributed by atoms with Gasteiger partial charge in [-0.05, 0) is 12.5 Å². The zero-order valence-electron chi connectivity index (χ0n) is 8.35. The third kappa shape index (κ3) is 3.02. The number of halogens is 1. The van der Waals surface area contributed by atoms with E-state index >= 15 is 0 Å². The molecule has 1 aromatic carbocycles. The molecule has 0 saturated heterocycles. The van der Waals surface area contributed by atoms with Crippen molar-refractivity contribution >= 4 is 5.97 Å². The molecule has 2 unspecified atom stereocenters. The molecule has 0 radical (unpaired) electrons. The fourth-order valence-electron chi connectivity index (χ4n) is 1.31. The van der Waals surface area contributed by atoms with Crippen LogP contribution in [-0.2, 0) is 4.79 Å². The van der Waals surface area contributed by atoms with Crippen molar-refractivity contribution in [3.05, 3.63) is 35.6 Å². The van der Waals surface area contributed by atoms with Crippen molar-refractivity contribution in [1.82, 2.24) is 0 Å². The van der Waals surface area contributed by atoms with E-state index in [4.69, 9.17) is 5.11 Å². The molecule has 0 amide bonds. The van der Waals surface area contributed by atoms with Crippen molar-refractivity contribution in [1.29, 1.82) is 0 Å². The second-order valence-electron chi connectivity index (χ2n) is 3.51. The fraction of sp³-hybridized carbons (Fsp3) is 0.364. The van der Waals surface area contributed by atoms with E-state index in [2.05, 4.69) is 0 Å². The van der Waals surface area contributed by atoms with Crippen LogP contribution in [0.1, 0.15) is 25.0 Å². The van der Waals surface area contributed by atoms with Crippen LogP contribution >= 0.6 is 0 Å². The maximum absolute atomic E-state index is 13.2. The SMILES string of the molecule is CC(CC(O)c1ccccc1F)C(=O)O. The van der Waals surface area contributed by atoms with E-state index in [0.29, 0.717) is 0 Å². The summed E-state index contributed by atoms with van der Waals surface area (Å²) >= 11 is 0. The number of carboxylic acids is 1. The Labute approximate surface area is 87.2 Å². The van der Waals surface area contributed by atoms with Gasteiger partial charge in [-0.3, -0.25) is 4.79 Å². The number of rotatable bonds is 4. The summed E-state index contributed by atoms with van der Waals surface area (Å²) in [5.41, 5.74) is 0.144. The molecular weight excluding hydrogens is 199 g/mol. The van der Waals surface area contributed by atoms with Crippen molar-refractivity contribution in [2.75, 3.05) is 0 Å². The Hall–Kier alpha value is -1.42. The highest BCUT2D eigenvalue weighted by atomic mass is 19.1. The highest BCUT2D eigenvalue weighted by Gasteiger charge is 2.19. The second kappa shape index (κ2) is 4.89. The molecule has 0 heterocycles. The van der Waals surface area contributed by atoms with Crippen LogP contribution < -0.4 is 0 Å². The molecule has 82 valence electrons. The van der Waals surface area contributed by atoms with Crippen molar-refractivity contribution in [3.63, 3.8) is 0 Å². The zero-order chi connectivity index (χ0) is 11.4. The molecule has 0 aliphatic carbocycles. The van der Waals surface area contributed by atoms with Gasteiger partial charge < -0.3 is 10.2 Å². The van der Waals surface area contributed by atoms with E-state index in [1.165, 1.54) is 25.1 Å². The van der Waals surface area contributed by atoms with Gasteiger partial charge in [0.1, 0.15) is 5.82 Å². The Morgan fingerprint density at radius 1 is 1.47 bits per heavy atom. The maximum atomic E-state index is 13.2. The van der Waals surface area contributed by atoms with Gasteiger partial charge >= 0.3 is 5.97 Å². The van der Waals surface area contributed by atoms with Crippen LogP contribution in [-0.4, -0.2) is 16.2 Å². The predicted octanol–water partition coefficient (Wildman–Crippen LogP) is 1.97. The number of carbonyl (C=O) groups is 1. The smallest absolute Gasteiger partial charge is 0.306 e. The van der Waals surface area contributed by atoms with E-state index in [9.17, 15) is 14.3 Å². The highest BCUT2D eigenvalue weighted by molar-refractivity contribution is 5.69. The van der Waals surface area contributed by atoms with Crippen LogP contribution in [0.25, 0.3) is 0 Å². The Morgan fingerprint density at radius 3 is 2.60 bits per heavy atom. The maximum Gasteiger partial charge on any atom is 0.306 e. The standard InChI is InChI=1S/C11H13FO3/c1-7(11(14)15)6-10(13)8-4-2-3-5-9(8)12/h2-5,7,10,13H,6H2,1H3,(H,14,15). The van der Waals surface area contributed by atoms with Gasteiger partial charge in [-0.1, -0.05) is 25.1 Å². The summed E-state index contributed by atoms with van der Waals surface area (Å²) in [6.07, 6.45) is -1.06. The molecular formula is C11H13FO3. The summed E-state index contributed by atoms with van der Waals surface area (Å²) in [6, 6.07) is 5.82. The second-order valence-corrected chi connectivity index (χ2v) is 3.51. The quantitative estimate of drug-likeness (QED) is 0.802. The minimum Gasteiger partial charge on any atom is -0.481 e. The number of benzene rings is 1. The average molecular weight is 212 g/mol. The Bertz CT molecular complexity index is 351. The molecule has 2 atom stereocenters. The van der Waals surface area contributed by atoms with Crippen LogP contribution in [0.4, 0.5) is 4.39 Å². The van der Waals surface area contributed by atoms with Crippen molar-refractivity contribution < 1.29 is 19.4 Å². The third-order valence-electron chi connectivity index (χ3n) is 2.26. The third-order valence-corrected chi connectivity index (χ3v) is 2.26. The van der Waals surface area contributed by atoms with Gasteiger partial charge in [0.2, 0.25) is 0 Å². The average Bonchev–Trinajstić information content (AvgIpc) is 2.18. The zero-order valence-corrected chi connectivity index (χ0v) is 8.35. The van der Waals surface area contributed by atoms with Crippen LogP contribution in [0.3, 0.4) is 0 Å². The summed E-state index contributed by atoms with van der Waals surface area (Å²) < 4.78 is 13.2. The van der Waals surface area contributed by atoms with Gasteiger partial charge in [0.25, 0.3) is 0 Å². The van der Waals surface area contributed by atoms with Crippen LogP contribution in [0.5, 0.6) is 0 Å². The lowest BCUT2D eigenvalue weighted by atomic mass is 9.98. The Kier molecular flexibility index (Phi) is 3.80. The first-order chi connectivity index (χ1) is 7.02. The summed E-state index contributed by atoms with van der Waals surface area (Å²) in [5.74, 6) is -2.20. The van der Waals surface area contributed by atoms with Crippen LogP contribution in [0.15, 0.2) is 24.3 Å². The van der Waals surface area contributed by atoms with E-state index in [0.717, 1.165) is 0 Å². The molecule has 0 aliphatic rings. The number of carboxylic acid groups (broad SMARTS) is 1.